The van der Waals surface area contributed by atoms with Crippen molar-refractivity contribution in [2.45, 2.75) is 63.8 Å². The van der Waals surface area contributed by atoms with Gasteiger partial charge in [0.1, 0.15) is 0 Å². The molecule has 0 aromatic carbocycles. The van der Waals surface area contributed by atoms with Gasteiger partial charge in [0.05, 0.1) is 0 Å². The molecule has 0 atom stereocenters. The molecule has 0 aromatic heterocycles. The Morgan fingerprint density at radius 3 is 2.00 bits per heavy atom. The molecule has 1 saturated heterocycles. The van der Waals surface area contributed by atoms with Crippen LogP contribution >= 0.6 is 0 Å². The van der Waals surface area contributed by atoms with Gasteiger partial charge < -0.3 is 5.32 Å². The fourth-order valence-corrected chi connectivity index (χ4v) is 4.63. The number of hydrogen-bond donors (Lipinski definition) is 1. The van der Waals surface area contributed by atoms with Gasteiger partial charge in [-0.15, -0.1) is 0 Å². The second-order valence-electron chi connectivity index (χ2n) is 7.01. The SMILES string of the molecule is CN(C)S(=O)(=O)N1CCC(C(=O)NC2CCCCCCC2)CC1. The van der Waals surface area contributed by atoms with Gasteiger partial charge in [-0.05, 0) is 25.7 Å². The summed E-state index contributed by atoms with van der Waals surface area (Å²) < 4.78 is 26.9. The predicted molar refractivity (Wildman–Crippen MR) is 91.2 cm³/mol. The molecule has 0 unspecified atom stereocenters. The largest absolute Gasteiger partial charge is 0.353 e. The summed E-state index contributed by atoms with van der Waals surface area (Å²) in [5.41, 5.74) is 0. The second kappa shape index (κ2) is 8.44. The molecule has 0 spiro atoms. The van der Waals surface area contributed by atoms with Gasteiger partial charge in [0.25, 0.3) is 10.2 Å². The molecule has 2 aliphatic rings. The standard InChI is InChI=1S/C16H31N3O3S/c1-18(2)23(21,22)19-12-10-14(11-13-19)16(20)17-15-8-6-4-3-5-7-9-15/h14-15H,3-13H2,1-2H3,(H,17,20). The third kappa shape index (κ3) is 5.16. The van der Waals surface area contributed by atoms with Crippen molar-refractivity contribution in [3.05, 3.63) is 0 Å². The summed E-state index contributed by atoms with van der Waals surface area (Å²) in [6.07, 6.45) is 9.66. The number of carbonyl (C=O) groups excluding carboxylic acids is 1. The van der Waals surface area contributed by atoms with E-state index >= 15 is 0 Å². The Morgan fingerprint density at radius 2 is 1.48 bits per heavy atom. The molecule has 1 aliphatic carbocycles. The van der Waals surface area contributed by atoms with Crippen LogP contribution in [0.4, 0.5) is 0 Å². The van der Waals surface area contributed by atoms with Gasteiger partial charge in [-0.25, -0.2) is 0 Å². The maximum atomic E-state index is 12.5. The fourth-order valence-electron chi connectivity index (χ4n) is 3.50. The summed E-state index contributed by atoms with van der Waals surface area (Å²) in [7, 11) is -0.261. The average Bonchev–Trinajstić information content (AvgIpc) is 2.49. The number of amides is 1. The Balaban J connectivity index is 1.81. The van der Waals surface area contributed by atoms with E-state index in [0.29, 0.717) is 32.0 Å². The lowest BCUT2D eigenvalue weighted by atomic mass is 9.94. The van der Waals surface area contributed by atoms with Crippen LogP contribution in [0.3, 0.4) is 0 Å². The van der Waals surface area contributed by atoms with E-state index in [0.717, 1.165) is 12.8 Å². The number of carbonyl (C=O) groups is 1. The zero-order valence-electron chi connectivity index (χ0n) is 14.5. The van der Waals surface area contributed by atoms with E-state index in [1.54, 1.807) is 14.1 Å². The highest BCUT2D eigenvalue weighted by Crippen LogP contribution is 2.22. The summed E-state index contributed by atoms with van der Waals surface area (Å²) in [6, 6.07) is 0.311. The highest BCUT2D eigenvalue weighted by Gasteiger charge is 2.32. The van der Waals surface area contributed by atoms with E-state index in [1.807, 2.05) is 0 Å². The first-order chi connectivity index (χ1) is 10.9. The van der Waals surface area contributed by atoms with Gasteiger partial charge in [-0.1, -0.05) is 32.1 Å². The number of nitrogens with zero attached hydrogens (tertiary/aromatic N) is 2. The molecular weight excluding hydrogens is 314 g/mol. The van der Waals surface area contributed by atoms with E-state index in [1.165, 1.54) is 40.7 Å². The lowest BCUT2D eigenvalue weighted by molar-refractivity contribution is -0.127. The van der Waals surface area contributed by atoms with Crippen LogP contribution in [0.25, 0.3) is 0 Å². The molecular formula is C16H31N3O3S. The molecule has 1 heterocycles. The normalized spacial score (nSPS) is 23.4. The Kier molecular flexibility index (Phi) is 6.85. The van der Waals surface area contributed by atoms with Gasteiger partial charge in [0.2, 0.25) is 5.91 Å². The van der Waals surface area contributed by atoms with Crippen LogP contribution < -0.4 is 5.32 Å². The summed E-state index contributed by atoms with van der Waals surface area (Å²) in [6.45, 7) is 0.868. The molecule has 1 N–H and O–H groups in total. The monoisotopic (exact) mass is 345 g/mol. The van der Waals surface area contributed by atoms with Crippen molar-refractivity contribution in [1.29, 1.82) is 0 Å². The van der Waals surface area contributed by atoms with E-state index in [2.05, 4.69) is 5.32 Å². The first kappa shape index (κ1) is 18.7. The lowest BCUT2D eigenvalue weighted by Crippen LogP contribution is -2.48. The average molecular weight is 346 g/mol. The maximum absolute atomic E-state index is 12.5. The Bertz CT molecular complexity index is 477. The van der Waals surface area contributed by atoms with E-state index in [9.17, 15) is 13.2 Å². The highest BCUT2D eigenvalue weighted by atomic mass is 32.2. The van der Waals surface area contributed by atoms with Gasteiger partial charge >= 0.3 is 0 Å². The Morgan fingerprint density at radius 1 is 0.957 bits per heavy atom. The molecule has 1 amide bonds. The van der Waals surface area contributed by atoms with Crippen molar-refractivity contribution in [2.24, 2.45) is 5.92 Å². The van der Waals surface area contributed by atoms with E-state index in [-0.39, 0.29) is 11.8 Å². The molecule has 0 radical (unpaired) electrons. The number of hydrogen-bond acceptors (Lipinski definition) is 3. The van der Waals surface area contributed by atoms with E-state index < -0.39 is 10.2 Å². The summed E-state index contributed by atoms with van der Waals surface area (Å²) in [5.74, 6) is 0.0755. The van der Waals surface area contributed by atoms with Crippen LogP contribution in [0.15, 0.2) is 0 Å². The van der Waals surface area contributed by atoms with Crippen LogP contribution in [0, 0.1) is 5.92 Å². The van der Waals surface area contributed by atoms with Crippen molar-refractivity contribution in [3.8, 4) is 0 Å². The van der Waals surface area contributed by atoms with Gasteiger partial charge in [0, 0.05) is 39.1 Å². The van der Waals surface area contributed by atoms with Crippen molar-refractivity contribution in [1.82, 2.24) is 13.9 Å². The molecule has 1 saturated carbocycles. The fraction of sp³-hybridized carbons (Fsp3) is 0.938. The lowest BCUT2D eigenvalue weighted by Gasteiger charge is -2.33. The molecule has 2 rings (SSSR count). The maximum Gasteiger partial charge on any atom is 0.281 e. The summed E-state index contributed by atoms with van der Waals surface area (Å²) in [4.78, 5) is 12.5. The molecule has 6 nitrogen and oxygen atoms in total. The third-order valence-electron chi connectivity index (χ3n) is 5.06. The topological polar surface area (TPSA) is 69.7 Å². The third-order valence-corrected chi connectivity index (χ3v) is 7.00. The molecule has 134 valence electrons. The Labute approximate surface area is 140 Å². The van der Waals surface area contributed by atoms with Crippen molar-refractivity contribution in [3.63, 3.8) is 0 Å². The molecule has 2 fully saturated rings. The minimum absolute atomic E-state index is 0.0472. The minimum Gasteiger partial charge on any atom is -0.353 e. The van der Waals surface area contributed by atoms with Crippen molar-refractivity contribution < 1.29 is 13.2 Å². The number of rotatable bonds is 4. The summed E-state index contributed by atoms with van der Waals surface area (Å²) in [5, 5.41) is 3.22. The molecule has 0 aromatic rings. The van der Waals surface area contributed by atoms with Gasteiger partial charge in [-0.2, -0.15) is 17.0 Å². The smallest absolute Gasteiger partial charge is 0.281 e. The van der Waals surface area contributed by atoms with Crippen LogP contribution in [0.5, 0.6) is 0 Å². The van der Waals surface area contributed by atoms with E-state index in [4.69, 9.17) is 0 Å². The molecule has 1 aliphatic heterocycles. The van der Waals surface area contributed by atoms with Crippen LogP contribution in [-0.2, 0) is 15.0 Å². The first-order valence-electron chi connectivity index (χ1n) is 8.89. The number of piperidine rings is 1. The summed E-state index contributed by atoms with van der Waals surface area (Å²) >= 11 is 0. The Hall–Kier alpha value is -0.660. The van der Waals surface area contributed by atoms with Gasteiger partial charge in [0.15, 0.2) is 0 Å². The molecule has 0 bridgehead atoms. The first-order valence-corrected chi connectivity index (χ1v) is 10.3. The van der Waals surface area contributed by atoms with Gasteiger partial charge in [-0.3, -0.25) is 4.79 Å². The van der Waals surface area contributed by atoms with Crippen molar-refractivity contribution >= 4 is 16.1 Å². The molecule has 23 heavy (non-hydrogen) atoms. The molecule has 7 heteroatoms. The van der Waals surface area contributed by atoms with Crippen LogP contribution in [-0.4, -0.2) is 56.2 Å². The zero-order chi connectivity index (χ0) is 16.9. The highest BCUT2D eigenvalue weighted by molar-refractivity contribution is 7.86. The number of nitrogens with one attached hydrogen (secondary N) is 1. The van der Waals surface area contributed by atoms with Crippen LogP contribution in [0.1, 0.15) is 57.8 Å². The minimum atomic E-state index is -3.35. The predicted octanol–water partition coefficient (Wildman–Crippen LogP) is 1.73. The second-order valence-corrected chi connectivity index (χ2v) is 9.16. The van der Waals surface area contributed by atoms with Crippen molar-refractivity contribution in [2.75, 3.05) is 27.2 Å². The van der Waals surface area contributed by atoms with Crippen LogP contribution in [0.2, 0.25) is 0 Å². The zero-order valence-corrected chi connectivity index (χ0v) is 15.3. The quantitative estimate of drug-likeness (QED) is 0.844.